The molecule has 7 nitrogen and oxygen atoms in total. The zero-order chi connectivity index (χ0) is 24.3. The lowest BCUT2D eigenvalue weighted by Crippen LogP contribution is -2.47. The third-order valence-corrected chi connectivity index (χ3v) is 6.22. The molecule has 0 spiro atoms. The van der Waals surface area contributed by atoms with Crippen molar-refractivity contribution in [1.82, 2.24) is 0 Å². The summed E-state index contributed by atoms with van der Waals surface area (Å²) in [6.45, 7) is 3.76. The molecule has 0 heterocycles. The van der Waals surface area contributed by atoms with Gasteiger partial charge in [-0.1, -0.05) is 59.7 Å². The Morgan fingerprint density at radius 1 is 0.879 bits per heavy atom. The standard InChI is InChI=1S/C26H24N2O5/c1-15-5-9-17(10-6-15)21-19(24(30)32-3)23(29)20(25(31)33-4)22(26(21,13-27)14-28)18-11-7-16(2)8-12-18/h5-12,19,21-22,29H,1-4H3/t19-,21+,22+/m1/s1. The number of aliphatic hydroxyl groups excluding tert-OH is 1. The average Bonchev–Trinajstić information content (AvgIpc) is 2.83. The van der Waals surface area contributed by atoms with Gasteiger partial charge in [0.15, 0.2) is 5.41 Å². The van der Waals surface area contributed by atoms with Gasteiger partial charge < -0.3 is 14.6 Å². The van der Waals surface area contributed by atoms with Crippen molar-refractivity contribution in [2.24, 2.45) is 11.3 Å². The van der Waals surface area contributed by atoms with E-state index in [1.807, 2.05) is 13.8 Å². The maximum Gasteiger partial charge on any atom is 0.337 e. The number of benzene rings is 2. The molecule has 7 heteroatoms. The van der Waals surface area contributed by atoms with E-state index in [1.54, 1.807) is 48.5 Å². The first-order valence-electron chi connectivity index (χ1n) is 10.3. The summed E-state index contributed by atoms with van der Waals surface area (Å²) in [4.78, 5) is 25.8. The number of hydrogen-bond acceptors (Lipinski definition) is 7. The number of ether oxygens (including phenoxy) is 2. The Bertz CT molecular complexity index is 1170. The fraction of sp³-hybridized carbons (Fsp3) is 0.308. The predicted molar refractivity (Wildman–Crippen MR) is 119 cm³/mol. The van der Waals surface area contributed by atoms with E-state index in [9.17, 15) is 25.2 Å². The zero-order valence-electron chi connectivity index (χ0n) is 18.8. The molecule has 3 rings (SSSR count). The van der Waals surface area contributed by atoms with E-state index in [4.69, 9.17) is 9.47 Å². The van der Waals surface area contributed by atoms with Crippen molar-refractivity contribution in [3.05, 3.63) is 82.1 Å². The monoisotopic (exact) mass is 444 g/mol. The highest BCUT2D eigenvalue weighted by molar-refractivity contribution is 5.94. The fourth-order valence-electron chi connectivity index (χ4n) is 4.56. The molecule has 2 aromatic carbocycles. The average molecular weight is 444 g/mol. The van der Waals surface area contributed by atoms with Crippen molar-refractivity contribution in [3.63, 3.8) is 0 Å². The Labute approximate surface area is 192 Å². The van der Waals surface area contributed by atoms with Gasteiger partial charge in [-0.05, 0) is 25.0 Å². The fourth-order valence-corrected chi connectivity index (χ4v) is 4.56. The highest BCUT2D eigenvalue weighted by Crippen LogP contribution is 2.58. The van der Waals surface area contributed by atoms with E-state index in [0.29, 0.717) is 11.1 Å². The van der Waals surface area contributed by atoms with Crippen LogP contribution in [-0.2, 0) is 19.1 Å². The van der Waals surface area contributed by atoms with E-state index >= 15 is 0 Å². The summed E-state index contributed by atoms with van der Waals surface area (Å²) in [5.41, 5.74) is 0.600. The Hall–Kier alpha value is -4.10. The number of carbonyl (C=O) groups excluding carboxylic acids is 2. The van der Waals surface area contributed by atoms with E-state index in [0.717, 1.165) is 25.3 Å². The Kier molecular flexibility index (Phi) is 6.55. The Morgan fingerprint density at radius 3 is 1.79 bits per heavy atom. The van der Waals surface area contributed by atoms with Gasteiger partial charge in [-0.15, -0.1) is 0 Å². The number of rotatable bonds is 4. The molecule has 0 aromatic heterocycles. The molecule has 3 atom stereocenters. The van der Waals surface area contributed by atoms with Crippen molar-refractivity contribution in [3.8, 4) is 12.1 Å². The molecule has 1 aliphatic rings. The molecule has 168 valence electrons. The lowest BCUT2D eigenvalue weighted by Gasteiger charge is -2.44. The zero-order valence-corrected chi connectivity index (χ0v) is 18.8. The minimum atomic E-state index is -1.93. The summed E-state index contributed by atoms with van der Waals surface area (Å²) in [6.07, 6.45) is 0. The van der Waals surface area contributed by atoms with Crippen LogP contribution in [0.2, 0.25) is 0 Å². The molecule has 1 aliphatic carbocycles. The third-order valence-electron chi connectivity index (χ3n) is 6.22. The molecule has 0 amide bonds. The van der Waals surface area contributed by atoms with E-state index in [2.05, 4.69) is 12.1 Å². The van der Waals surface area contributed by atoms with Crippen molar-refractivity contribution >= 4 is 11.9 Å². The number of hydrogen-bond donors (Lipinski definition) is 1. The molecule has 2 aromatic rings. The molecule has 0 fully saturated rings. The molecular formula is C26H24N2O5. The summed E-state index contributed by atoms with van der Waals surface area (Å²) >= 11 is 0. The number of esters is 2. The normalized spacial score (nSPS) is 21.5. The van der Waals surface area contributed by atoms with Gasteiger partial charge in [-0.25, -0.2) is 4.79 Å². The number of methoxy groups -OCH3 is 2. The summed E-state index contributed by atoms with van der Waals surface area (Å²) < 4.78 is 9.84. The minimum absolute atomic E-state index is 0.303. The molecule has 0 radical (unpaired) electrons. The lowest BCUT2D eigenvalue weighted by atomic mass is 9.54. The van der Waals surface area contributed by atoms with Gasteiger partial charge in [0.2, 0.25) is 0 Å². The molecule has 33 heavy (non-hydrogen) atoms. The van der Waals surface area contributed by atoms with Crippen LogP contribution in [0.4, 0.5) is 0 Å². The van der Waals surface area contributed by atoms with Gasteiger partial charge in [0.25, 0.3) is 0 Å². The van der Waals surface area contributed by atoms with Gasteiger partial charge in [-0.3, -0.25) is 4.79 Å². The van der Waals surface area contributed by atoms with Crippen molar-refractivity contribution in [2.75, 3.05) is 14.2 Å². The summed E-state index contributed by atoms with van der Waals surface area (Å²) in [6, 6.07) is 18.2. The van der Waals surface area contributed by atoms with Crippen LogP contribution in [0.5, 0.6) is 0 Å². The molecule has 0 aliphatic heterocycles. The smallest absolute Gasteiger partial charge is 0.337 e. The van der Waals surface area contributed by atoms with Gasteiger partial charge in [0.1, 0.15) is 11.7 Å². The molecule has 0 saturated heterocycles. The van der Waals surface area contributed by atoms with Crippen LogP contribution >= 0.6 is 0 Å². The van der Waals surface area contributed by atoms with Crippen LogP contribution < -0.4 is 0 Å². The van der Waals surface area contributed by atoms with Gasteiger partial charge in [0, 0.05) is 5.92 Å². The van der Waals surface area contributed by atoms with Crippen LogP contribution in [0.3, 0.4) is 0 Å². The van der Waals surface area contributed by atoms with Gasteiger partial charge in [-0.2, -0.15) is 10.5 Å². The van der Waals surface area contributed by atoms with E-state index < -0.39 is 40.9 Å². The largest absolute Gasteiger partial charge is 0.511 e. The molecule has 0 bridgehead atoms. The van der Waals surface area contributed by atoms with E-state index in [1.165, 1.54) is 0 Å². The number of carbonyl (C=O) groups is 2. The second kappa shape index (κ2) is 9.18. The quantitative estimate of drug-likeness (QED) is 0.708. The predicted octanol–water partition coefficient (Wildman–Crippen LogP) is 3.99. The van der Waals surface area contributed by atoms with Crippen LogP contribution in [0.25, 0.3) is 0 Å². The van der Waals surface area contributed by atoms with Crippen LogP contribution in [0.1, 0.15) is 34.1 Å². The Morgan fingerprint density at radius 2 is 1.36 bits per heavy atom. The summed E-state index contributed by atoms with van der Waals surface area (Å²) in [5, 5.41) is 32.2. The SMILES string of the molecule is COC(=O)C1=C(O)[C@H](C(=O)OC)[C@H](c2ccc(C)cc2)C(C#N)(C#N)[C@H]1c1ccc(C)cc1. The van der Waals surface area contributed by atoms with Crippen LogP contribution in [0, 0.1) is 47.8 Å². The van der Waals surface area contributed by atoms with Gasteiger partial charge >= 0.3 is 11.9 Å². The van der Waals surface area contributed by atoms with Crippen molar-refractivity contribution in [2.45, 2.75) is 25.7 Å². The first kappa shape index (κ1) is 23.6. The molecule has 0 saturated carbocycles. The topological polar surface area (TPSA) is 120 Å². The van der Waals surface area contributed by atoms with Crippen LogP contribution in [-0.4, -0.2) is 31.3 Å². The highest BCUT2D eigenvalue weighted by atomic mass is 16.5. The van der Waals surface area contributed by atoms with Crippen LogP contribution in [0.15, 0.2) is 59.9 Å². The number of aryl methyl sites for hydroxylation is 2. The lowest BCUT2D eigenvalue weighted by molar-refractivity contribution is -0.147. The number of nitriles is 2. The maximum atomic E-state index is 12.9. The second-order valence-electron chi connectivity index (χ2n) is 8.12. The molecule has 0 unspecified atom stereocenters. The minimum Gasteiger partial charge on any atom is -0.511 e. The first-order valence-corrected chi connectivity index (χ1v) is 10.3. The van der Waals surface area contributed by atoms with Crippen molar-refractivity contribution in [1.29, 1.82) is 10.5 Å². The summed E-state index contributed by atoms with van der Waals surface area (Å²) in [5.74, 6) is -6.09. The number of aliphatic hydroxyl groups is 1. The first-order chi connectivity index (χ1) is 15.7. The second-order valence-corrected chi connectivity index (χ2v) is 8.12. The third kappa shape index (κ3) is 3.83. The van der Waals surface area contributed by atoms with Gasteiger partial charge in [0.05, 0.1) is 37.8 Å². The van der Waals surface area contributed by atoms with E-state index in [-0.39, 0.29) is 5.57 Å². The maximum absolute atomic E-state index is 12.9. The highest BCUT2D eigenvalue weighted by Gasteiger charge is 2.61. The number of nitrogens with zero attached hydrogens (tertiary/aromatic N) is 2. The summed E-state index contributed by atoms with van der Waals surface area (Å²) in [7, 11) is 2.28. The van der Waals surface area contributed by atoms with Crippen molar-refractivity contribution < 1.29 is 24.2 Å². The molecule has 1 N–H and O–H groups in total. The Balaban J connectivity index is 2.47. The molecular weight excluding hydrogens is 420 g/mol.